The molecule has 0 aliphatic carbocycles. The van der Waals surface area contributed by atoms with E-state index in [0.717, 1.165) is 24.5 Å². The van der Waals surface area contributed by atoms with E-state index in [-0.39, 0.29) is 6.10 Å². The van der Waals surface area contributed by atoms with Gasteiger partial charge in [0.15, 0.2) is 0 Å². The summed E-state index contributed by atoms with van der Waals surface area (Å²) in [5, 5.41) is 9.34. The fourth-order valence-electron chi connectivity index (χ4n) is 1.55. The molecule has 1 aliphatic heterocycles. The summed E-state index contributed by atoms with van der Waals surface area (Å²) in [6, 6.07) is 0. The highest BCUT2D eigenvalue weighted by molar-refractivity contribution is 5.37. The van der Waals surface area contributed by atoms with Crippen LogP contribution in [0.15, 0.2) is 12.4 Å². The molecule has 0 aromatic carbocycles. The molecule has 1 aromatic rings. The molecule has 70 valence electrons. The van der Waals surface area contributed by atoms with Gasteiger partial charge in [-0.1, -0.05) is 0 Å². The first-order valence-electron chi connectivity index (χ1n) is 4.47. The van der Waals surface area contributed by atoms with Crippen molar-refractivity contribution in [1.29, 1.82) is 0 Å². The number of hydrogen-bond acceptors (Lipinski definition) is 4. The summed E-state index contributed by atoms with van der Waals surface area (Å²) in [7, 11) is 0. The minimum Gasteiger partial charge on any atom is -0.391 e. The molecule has 0 spiro atoms. The molecule has 0 radical (unpaired) electrons. The molecule has 1 aliphatic rings. The van der Waals surface area contributed by atoms with Gasteiger partial charge in [-0.25, -0.2) is 4.98 Å². The Balaban J connectivity index is 2.16. The minimum absolute atomic E-state index is 0.206. The third kappa shape index (κ3) is 1.78. The number of rotatable bonds is 1. The number of aliphatic hydroxyl groups is 1. The molecule has 1 fully saturated rings. The lowest BCUT2D eigenvalue weighted by Gasteiger charge is -2.15. The predicted molar refractivity (Wildman–Crippen MR) is 49.6 cm³/mol. The Labute approximate surface area is 77.2 Å². The van der Waals surface area contributed by atoms with Gasteiger partial charge in [-0.15, -0.1) is 0 Å². The maximum Gasteiger partial charge on any atom is 0.147 e. The first-order valence-corrected chi connectivity index (χ1v) is 4.47. The Bertz CT molecular complexity index is 303. The molecular weight excluding hydrogens is 166 g/mol. The second kappa shape index (κ2) is 3.30. The van der Waals surface area contributed by atoms with Crippen molar-refractivity contribution in [2.45, 2.75) is 19.4 Å². The highest BCUT2D eigenvalue weighted by Gasteiger charge is 2.21. The normalized spacial score (nSPS) is 22.3. The fraction of sp³-hybridized carbons (Fsp3) is 0.556. The van der Waals surface area contributed by atoms with E-state index in [1.165, 1.54) is 0 Å². The first kappa shape index (κ1) is 8.44. The van der Waals surface area contributed by atoms with Crippen LogP contribution in [0.1, 0.15) is 12.1 Å². The van der Waals surface area contributed by atoms with Crippen molar-refractivity contribution in [2.24, 2.45) is 0 Å². The van der Waals surface area contributed by atoms with Crippen LogP contribution in [0, 0.1) is 6.92 Å². The smallest absolute Gasteiger partial charge is 0.147 e. The Hall–Kier alpha value is -1.16. The Morgan fingerprint density at radius 3 is 3.00 bits per heavy atom. The molecule has 1 atom stereocenters. The van der Waals surface area contributed by atoms with Gasteiger partial charge < -0.3 is 10.0 Å². The number of hydrogen-bond donors (Lipinski definition) is 1. The van der Waals surface area contributed by atoms with Crippen molar-refractivity contribution in [3.05, 3.63) is 18.1 Å². The lowest BCUT2D eigenvalue weighted by molar-refractivity contribution is 0.198. The number of aromatic nitrogens is 2. The van der Waals surface area contributed by atoms with Crippen LogP contribution in [-0.2, 0) is 0 Å². The number of nitrogens with zero attached hydrogens (tertiary/aromatic N) is 3. The standard InChI is InChI=1S/C9H13N3O/c1-7-4-10-5-9(11-7)12-3-2-8(13)6-12/h4-5,8,13H,2-3,6H2,1H3. The molecule has 4 heteroatoms. The highest BCUT2D eigenvalue weighted by Crippen LogP contribution is 2.16. The Morgan fingerprint density at radius 2 is 2.38 bits per heavy atom. The SMILES string of the molecule is Cc1cncc(N2CCC(O)C2)n1. The van der Waals surface area contributed by atoms with Crippen molar-refractivity contribution < 1.29 is 5.11 Å². The molecule has 0 bridgehead atoms. The summed E-state index contributed by atoms with van der Waals surface area (Å²) >= 11 is 0. The first-order chi connectivity index (χ1) is 6.25. The monoisotopic (exact) mass is 179 g/mol. The maximum absolute atomic E-state index is 9.34. The number of aliphatic hydroxyl groups excluding tert-OH is 1. The van der Waals surface area contributed by atoms with E-state index in [0.29, 0.717) is 6.54 Å². The summed E-state index contributed by atoms with van der Waals surface area (Å²) in [6.45, 7) is 3.47. The van der Waals surface area contributed by atoms with Crippen LogP contribution >= 0.6 is 0 Å². The number of aryl methyl sites for hydroxylation is 1. The van der Waals surface area contributed by atoms with Crippen molar-refractivity contribution in [2.75, 3.05) is 18.0 Å². The van der Waals surface area contributed by atoms with Gasteiger partial charge in [0.2, 0.25) is 0 Å². The molecule has 2 heterocycles. The predicted octanol–water partition coefficient (Wildman–Crippen LogP) is 0.356. The summed E-state index contributed by atoms with van der Waals surface area (Å²) in [5.41, 5.74) is 0.916. The highest BCUT2D eigenvalue weighted by atomic mass is 16.3. The van der Waals surface area contributed by atoms with Crippen molar-refractivity contribution in [3.8, 4) is 0 Å². The van der Waals surface area contributed by atoms with Crippen LogP contribution in [-0.4, -0.2) is 34.3 Å². The zero-order valence-corrected chi connectivity index (χ0v) is 7.64. The van der Waals surface area contributed by atoms with Gasteiger partial charge in [0.25, 0.3) is 0 Å². The molecule has 0 saturated carbocycles. The maximum atomic E-state index is 9.34. The third-order valence-corrected chi connectivity index (χ3v) is 2.23. The molecule has 13 heavy (non-hydrogen) atoms. The molecular formula is C9H13N3O. The van der Waals surface area contributed by atoms with E-state index >= 15 is 0 Å². The lowest BCUT2D eigenvalue weighted by Crippen LogP contribution is -2.22. The van der Waals surface area contributed by atoms with Gasteiger partial charge in [0, 0.05) is 19.3 Å². The van der Waals surface area contributed by atoms with E-state index in [1.54, 1.807) is 12.4 Å². The van der Waals surface area contributed by atoms with Crippen molar-refractivity contribution in [3.63, 3.8) is 0 Å². The molecule has 1 unspecified atom stereocenters. The van der Waals surface area contributed by atoms with Gasteiger partial charge in [-0.05, 0) is 13.3 Å². The van der Waals surface area contributed by atoms with Gasteiger partial charge >= 0.3 is 0 Å². The van der Waals surface area contributed by atoms with Crippen LogP contribution in [0.4, 0.5) is 5.82 Å². The quantitative estimate of drug-likeness (QED) is 0.676. The zero-order chi connectivity index (χ0) is 9.26. The molecule has 4 nitrogen and oxygen atoms in total. The van der Waals surface area contributed by atoms with Gasteiger partial charge in [0.1, 0.15) is 5.82 Å². The zero-order valence-electron chi connectivity index (χ0n) is 7.64. The summed E-state index contributed by atoms with van der Waals surface area (Å²) in [4.78, 5) is 10.5. The Kier molecular flexibility index (Phi) is 2.14. The molecule has 0 amide bonds. The Morgan fingerprint density at radius 1 is 1.54 bits per heavy atom. The lowest BCUT2D eigenvalue weighted by atomic mass is 10.3. The molecule has 1 aromatic heterocycles. The van der Waals surface area contributed by atoms with Crippen LogP contribution in [0.2, 0.25) is 0 Å². The van der Waals surface area contributed by atoms with E-state index < -0.39 is 0 Å². The van der Waals surface area contributed by atoms with E-state index in [1.807, 2.05) is 6.92 Å². The van der Waals surface area contributed by atoms with Crippen molar-refractivity contribution >= 4 is 5.82 Å². The summed E-state index contributed by atoms with van der Waals surface area (Å²) < 4.78 is 0. The van der Waals surface area contributed by atoms with E-state index in [9.17, 15) is 5.11 Å². The number of anilines is 1. The summed E-state index contributed by atoms with van der Waals surface area (Å²) in [5.74, 6) is 0.872. The average molecular weight is 179 g/mol. The van der Waals surface area contributed by atoms with Crippen LogP contribution < -0.4 is 4.90 Å². The van der Waals surface area contributed by atoms with Crippen LogP contribution in [0.25, 0.3) is 0 Å². The minimum atomic E-state index is -0.206. The molecule has 2 rings (SSSR count). The topological polar surface area (TPSA) is 49.2 Å². The third-order valence-electron chi connectivity index (χ3n) is 2.23. The fourth-order valence-corrected chi connectivity index (χ4v) is 1.55. The number of β-amino-alcohol motifs (C(OH)–C–C–N with tert-alkyl or cyclic N) is 1. The van der Waals surface area contributed by atoms with E-state index in [4.69, 9.17) is 0 Å². The second-order valence-corrected chi connectivity index (χ2v) is 3.41. The van der Waals surface area contributed by atoms with Crippen molar-refractivity contribution in [1.82, 2.24) is 9.97 Å². The van der Waals surface area contributed by atoms with Gasteiger partial charge in [-0.2, -0.15) is 0 Å². The largest absolute Gasteiger partial charge is 0.391 e. The van der Waals surface area contributed by atoms with Crippen LogP contribution in [0.3, 0.4) is 0 Å². The summed E-state index contributed by atoms with van der Waals surface area (Å²) in [6.07, 6.45) is 4.10. The van der Waals surface area contributed by atoms with Gasteiger partial charge in [0.05, 0.1) is 18.0 Å². The average Bonchev–Trinajstić information content (AvgIpc) is 2.52. The molecule has 1 N–H and O–H groups in total. The molecule has 1 saturated heterocycles. The van der Waals surface area contributed by atoms with Crippen LogP contribution in [0.5, 0.6) is 0 Å². The second-order valence-electron chi connectivity index (χ2n) is 3.41. The van der Waals surface area contributed by atoms with Gasteiger partial charge in [-0.3, -0.25) is 4.98 Å². The van der Waals surface area contributed by atoms with E-state index in [2.05, 4.69) is 14.9 Å².